The fourth-order valence-electron chi connectivity index (χ4n) is 2.77. The second-order valence-electron chi connectivity index (χ2n) is 6.27. The lowest BCUT2D eigenvalue weighted by Gasteiger charge is -2.51. The summed E-state index contributed by atoms with van der Waals surface area (Å²) in [6, 6.07) is 0. The number of nitrogens with one attached hydrogen (secondary N) is 1. The molecule has 2 rings (SSSR count). The Morgan fingerprint density at radius 1 is 1.31 bits per heavy atom. The van der Waals surface area contributed by atoms with Crippen molar-refractivity contribution in [2.24, 2.45) is 5.92 Å². The van der Waals surface area contributed by atoms with Gasteiger partial charge in [-0.25, -0.2) is 0 Å². The van der Waals surface area contributed by atoms with Gasteiger partial charge in [0.2, 0.25) is 0 Å². The van der Waals surface area contributed by atoms with Crippen LogP contribution in [0.3, 0.4) is 0 Å². The third-order valence-corrected chi connectivity index (χ3v) is 4.34. The lowest BCUT2D eigenvalue weighted by atomic mass is 9.86. The monoisotopic (exact) mass is 226 g/mol. The summed E-state index contributed by atoms with van der Waals surface area (Å²) in [4.78, 5) is 2.59. The van der Waals surface area contributed by atoms with Crippen LogP contribution in [0, 0.1) is 5.92 Å². The van der Waals surface area contributed by atoms with Crippen molar-refractivity contribution in [3.63, 3.8) is 0 Å². The predicted octanol–water partition coefficient (Wildman–Crippen LogP) is 1.49. The molecule has 1 aliphatic heterocycles. The maximum atomic E-state index is 5.22. The van der Waals surface area contributed by atoms with Crippen molar-refractivity contribution < 1.29 is 4.74 Å². The maximum Gasteiger partial charge on any atom is 0.0589 e. The first kappa shape index (κ1) is 12.3. The van der Waals surface area contributed by atoms with Crippen LogP contribution in [0.5, 0.6) is 0 Å². The molecule has 0 aromatic carbocycles. The fraction of sp³-hybridized carbons (Fsp3) is 1.00. The van der Waals surface area contributed by atoms with Gasteiger partial charge in [-0.1, -0.05) is 0 Å². The Morgan fingerprint density at radius 3 is 2.56 bits per heavy atom. The Hall–Kier alpha value is -0.120. The number of rotatable bonds is 4. The standard InChI is InChI=1S/C13H26N2O/c1-12(2)9-14-13(3,11-5-6-11)10-15(12)7-8-16-4/h11,14H,5-10H2,1-4H3. The second-order valence-corrected chi connectivity index (χ2v) is 6.27. The van der Waals surface area contributed by atoms with Crippen molar-refractivity contribution >= 4 is 0 Å². The Kier molecular flexibility index (Phi) is 3.30. The second kappa shape index (κ2) is 4.28. The molecule has 1 atom stereocenters. The third kappa shape index (κ3) is 2.41. The van der Waals surface area contributed by atoms with E-state index in [1.165, 1.54) is 12.8 Å². The van der Waals surface area contributed by atoms with Crippen molar-refractivity contribution in [3.8, 4) is 0 Å². The van der Waals surface area contributed by atoms with E-state index >= 15 is 0 Å². The molecule has 0 aromatic rings. The van der Waals surface area contributed by atoms with Gasteiger partial charge in [0, 0.05) is 37.8 Å². The largest absolute Gasteiger partial charge is 0.383 e. The Bertz CT molecular complexity index is 250. The van der Waals surface area contributed by atoms with E-state index in [0.717, 1.165) is 32.2 Å². The molecule has 0 amide bonds. The Labute approximate surface area is 99.5 Å². The summed E-state index contributed by atoms with van der Waals surface area (Å²) >= 11 is 0. The minimum atomic E-state index is 0.257. The summed E-state index contributed by atoms with van der Waals surface area (Å²) in [6.45, 7) is 11.2. The molecule has 2 aliphatic rings. The highest BCUT2D eigenvalue weighted by atomic mass is 16.5. The molecule has 94 valence electrons. The van der Waals surface area contributed by atoms with Crippen molar-refractivity contribution in [2.45, 2.75) is 44.7 Å². The van der Waals surface area contributed by atoms with Gasteiger partial charge in [-0.15, -0.1) is 0 Å². The molecule has 1 N–H and O–H groups in total. The fourth-order valence-corrected chi connectivity index (χ4v) is 2.77. The lowest BCUT2D eigenvalue weighted by molar-refractivity contribution is 0.00729. The number of methoxy groups -OCH3 is 1. The van der Waals surface area contributed by atoms with Gasteiger partial charge in [0.1, 0.15) is 0 Å². The molecule has 1 unspecified atom stereocenters. The Balaban J connectivity index is 2.00. The van der Waals surface area contributed by atoms with Gasteiger partial charge in [0.05, 0.1) is 6.61 Å². The highest BCUT2D eigenvalue weighted by molar-refractivity contribution is 5.06. The molecular weight excluding hydrogens is 200 g/mol. The number of nitrogens with zero attached hydrogens (tertiary/aromatic N) is 1. The van der Waals surface area contributed by atoms with Crippen LogP contribution >= 0.6 is 0 Å². The maximum absolute atomic E-state index is 5.22. The first-order chi connectivity index (χ1) is 7.48. The van der Waals surface area contributed by atoms with E-state index in [0.29, 0.717) is 5.54 Å². The number of ether oxygens (including phenoxy) is 1. The Morgan fingerprint density at radius 2 is 2.00 bits per heavy atom. The molecule has 2 fully saturated rings. The first-order valence-corrected chi connectivity index (χ1v) is 6.47. The molecule has 3 heteroatoms. The molecule has 1 saturated heterocycles. The first-order valence-electron chi connectivity index (χ1n) is 6.47. The van der Waals surface area contributed by atoms with Gasteiger partial charge in [-0.05, 0) is 39.5 Å². The van der Waals surface area contributed by atoms with E-state index in [9.17, 15) is 0 Å². The zero-order chi connectivity index (χ0) is 11.8. The molecule has 1 heterocycles. The molecule has 1 aliphatic carbocycles. The molecule has 0 spiro atoms. The van der Waals surface area contributed by atoms with Crippen LogP contribution in [0.2, 0.25) is 0 Å². The van der Waals surface area contributed by atoms with Gasteiger partial charge in [-0.2, -0.15) is 0 Å². The molecule has 3 nitrogen and oxygen atoms in total. The average molecular weight is 226 g/mol. The number of piperazine rings is 1. The molecule has 1 saturated carbocycles. The highest BCUT2D eigenvalue weighted by Gasteiger charge is 2.47. The molecule has 0 radical (unpaired) electrons. The summed E-state index contributed by atoms with van der Waals surface area (Å²) < 4.78 is 5.22. The van der Waals surface area contributed by atoms with Gasteiger partial charge in [-0.3, -0.25) is 4.90 Å². The minimum Gasteiger partial charge on any atom is -0.383 e. The summed E-state index contributed by atoms with van der Waals surface area (Å²) in [5.41, 5.74) is 0.593. The van der Waals surface area contributed by atoms with E-state index < -0.39 is 0 Å². The van der Waals surface area contributed by atoms with Crippen LogP contribution in [0.1, 0.15) is 33.6 Å². The average Bonchev–Trinajstić information content (AvgIpc) is 3.04. The number of hydrogen-bond acceptors (Lipinski definition) is 3. The van der Waals surface area contributed by atoms with Crippen LogP contribution < -0.4 is 5.32 Å². The summed E-state index contributed by atoms with van der Waals surface area (Å²) in [6.07, 6.45) is 2.81. The quantitative estimate of drug-likeness (QED) is 0.786. The lowest BCUT2D eigenvalue weighted by Crippen LogP contribution is -2.68. The summed E-state index contributed by atoms with van der Waals surface area (Å²) in [5.74, 6) is 0.897. The zero-order valence-electron chi connectivity index (χ0n) is 11.2. The van der Waals surface area contributed by atoms with Crippen LogP contribution in [-0.4, -0.2) is 49.3 Å². The summed E-state index contributed by atoms with van der Waals surface area (Å²) in [5, 5.41) is 3.77. The van der Waals surface area contributed by atoms with Crippen molar-refractivity contribution in [3.05, 3.63) is 0 Å². The van der Waals surface area contributed by atoms with E-state index in [1.807, 2.05) is 0 Å². The van der Waals surface area contributed by atoms with Crippen LogP contribution in [-0.2, 0) is 4.74 Å². The van der Waals surface area contributed by atoms with Crippen LogP contribution in [0.15, 0.2) is 0 Å². The van der Waals surface area contributed by atoms with Crippen molar-refractivity contribution in [1.82, 2.24) is 10.2 Å². The van der Waals surface area contributed by atoms with Gasteiger partial charge in [0.15, 0.2) is 0 Å². The van der Waals surface area contributed by atoms with Gasteiger partial charge >= 0.3 is 0 Å². The molecule has 16 heavy (non-hydrogen) atoms. The summed E-state index contributed by atoms with van der Waals surface area (Å²) in [7, 11) is 1.79. The van der Waals surface area contributed by atoms with Crippen LogP contribution in [0.4, 0.5) is 0 Å². The van der Waals surface area contributed by atoms with Gasteiger partial charge < -0.3 is 10.1 Å². The normalized spacial score (nSPS) is 35.2. The van der Waals surface area contributed by atoms with Crippen molar-refractivity contribution in [1.29, 1.82) is 0 Å². The van der Waals surface area contributed by atoms with E-state index in [4.69, 9.17) is 4.74 Å². The van der Waals surface area contributed by atoms with E-state index in [-0.39, 0.29) is 5.54 Å². The minimum absolute atomic E-state index is 0.257. The van der Waals surface area contributed by atoms with Gasteiger partial charge in [0.25, 0.3) is 0 Å². The predicted molar refractivity (Wildman–Crippen MR) is 66.7 cm³/mol. The smallest absolute Gasteiger partial charge is 0.0589 e. The topological polar surface area (TPSA) is 24.5 Å². The van der Waals surface area contributed by atoms with Crippen molar-refractivity contribution in [2.75, 3.05) is 33.4 Å². The molecule has 0 bridgehead atoms. The molecule has 0 aromatic heterocycles. The van der Waals surface area contributed by atoms with E-state index in [1.54, 1.807) is 7.11 Å². The highest BCUT2D eigenvalue weighted by Crippen LogP contribution is 2.42. The number of hydrogen-bond donors (Lipinski definition) is 1. The molecular formula is C13H26N2O. The van der Waals surface area contributed by atoms with E-state index in [2.05, 4.69) is 31.0 Å². The van der Waals surface area contributed by atoms with Crippen LogP contribution in [0.25, 0.3) is 0 Å². The third-order valence-electron chi connectivity index (χ3n) is 4.34. The SMILES string of the molecule is COCCN1CC(C)(C2CC2)NCC1(C)C. The zero-order valence-corrected chi connectivity index (χ0v) is 11.2.